The molecule has 3 rings (SSSR count). The summed E-state index contributed by atoms with van der Waals surface area (Å²) >= 11 is 0. The first-order chi connectivity index (χ1) is 11.9. The molecule has 7 nitrogen and oxygen atoms in total. The van der Waals surface area contributed by atoms with Crippen molar-refractivity contribution in [3.63, 3.8) is 0 Å². The first-order valence-corrected chi connectivity index (χ1v) is 7.41. The molecule has 0 radical (unpaired) electrons. The second kappa shape index (κ2) is 6.60. The summed E-state index contributed by atoms with van der Waals surface area (Å²) in [5.41, 5.74) is 2.05. The van der Waals surface area contributed by atoms with Gasteiger partial charge in [0.15, 0.2) is 0 Å². The third kappa shape index (κ3) is 3.57. The Morgan fingerprint density at radius 2 is 1.96 bits per heavy atom. The molecule has 0 aliphatic carbocycles. The minimum Gasteiger partial charge on any atom is -0.478 e. The van der Waals surface area contributed by atoms with Crippen molar-refractivity contribution in [2.45, 2.75) is 6.54 Å². The number of aromatic carboxylic acids is 1. The van der Waals surface area contributed by atoms with Crippen molar-refractivity contribution in [1.82, 2.24) is 14.9 Å². The summed E-state index contributed by atoms with van der Waals surface area (Å²) in [6.07, 6.45) is 1.51. The lowest BCUT2D eigenvalue weighted by molar-refractivity contribution is 0.0698. The number of urea groups is 1. The Bertz CT molecular complexity index is 950. The first-order valence-electron chi connectivity index (χ1n) is 7.41. The third-order valence-electron chi connectivity index (χ3n) is 3.67. The van der Waals surface area contributed by atoms with Gasteiger partial charge < -0.3 is 20.3 Å². The highest BCUT2D eigenvalue weighted by Crippen LogP contribution is 2.23. The van der Waals surface area contributed by atoms with Gasteiger partial charge in [-0.2, -0.15) is 0 Å². The van der Waals surface area contributed by atoms with Gasteiger partial charge in [0.1, 0.15) is 5.82 Å². The summed E-state index contributed by atoms with van der Waals surface area (Å²) in [6, 6.07) is 8.22. The molecule has 3 N–H and O–H groups in total. The molecule has 1 aromatic heterocycles. The third-order valence-corrected chi connectivity index (χ3v) is 3.67. The maximum atomic E-state index is 12.9. The molecule has 0 saturated heterocycles. The highest BCUT2D eigenvalue weighted by atomic mass is 19.1. The number of carboxylic acid groups (broad SMARTS) is 1. The molecule has 2 aromatic carbocycles. The lowest BCUT2D eigenvalue weighted by atomic mass is 10.1. The molecule has 0 unspecified atom stereocenters. The van der Waals surface area contributed by atoms with Crippen molar-refractivity contribution in [3.05, 3.63) is 59.7 Å². The number of carbonyl (C=O) groups excluding carboxylic acids is 1. The maximum Gasteiger partial charge on any atom is 0.337 e. The number of rotatable bonds is 4. The lowest BCUT2D eigenvalue weighted by Crippen LogP contribution is -2.28. The number of halogens is 1. The number of nitrogens with zero attached hydrogens (tertiary/aromatic N) is 2. The number of imidazole rings is 1. The number of hydrogen-bond donors (Lipinski definition) is 3. The van der Waals surface area contributed by atoms with Crippen LogP contribution in [0.4, 0.5) is 14.9 Å². The average molecular weight is 342 g/mol. The molecule has 0 aliphatic rings. The number of carbonyl (C=O) groups is 2. The lowest BCUT2D eigenvalue weighted by Gasteiger charge is -2.09. The van der Waals surface area contributed by atoms with Crippen molar-refractivity contribution >= 4 is 28.7 Å². The van der Waals surface area contributed by atoms with Crippen molar-refractivity contribution in [1.29, 1.82) is 0 Å². The van der Waals surface area contributed by atoms with E-state index in [4.69, 9.17) is 0 Å². The molecule has 128 valence electrons. The van der Waals surface area contributed by atoms with Gasteiger partial charge in [-0.25, -0.2) is 19.0 Å². The number of anilines is 1. The second-order valence-corrected chi connectivity index (χ2v) is 5.49. The number of benzene rings is 2. The predicted molar refractivity (Wildman–Crippen MR) is 89.9 cm³/mol. The van der Waals surface area contributed by atoms with Gasteiger partial charge in [0.05, 0.1) is 22.9 Å². The Kier molecular flexibility index (Phi) is 4.34. The van der Waals surface area contributed by atoms with Gasteiger partial charge in [-0.15, -0.1) is 0 Å². The Balaban J connectivity index is 1.74. The van der Waals surface area contributed by atoms with E-state index in [-0.39, 0.29) is 17.9 Å². The van der Waals surface area contributed by atoms with E-state index in [1.807, 2.05) is 0 Å². The van der Waals surface area contributed by atoms with Gasteiger partial charge in [0, 0.05) is 19.3 Å². The molecule has 0 saturated carbocycles. The van der Waals surface area contributed by atoms with Crippen LogP contribution in [0.1, 0.15) is 15.9 Å². The zero-order valence-electron chi connectivity index (χ0n) is 13.3. The highest BCUT2D eigenvalue weighted by Gasteiger charge is 2.15. The van der Waals surface area contributed by atoms with Crippen LogP contribution in [0.2, 0.25) is 0 Å². The molecule has 8 heteroatoms. The summed E-state index contributed by atoms with van der Waals surface area (Å²) in [4.78, 5) is 27.6. The molecule has 2 amide bonds. The van der Waals surface area contributed by atoms with Crippen LogP contribution in [-0.2, 0) is 13.6 Å². The zero-order chi connectivity index (χ0) is 18.0. The van der Waals surface area contributed by atoms with Gasteiger partial charge in [0.25, 0.3) is 0 Å². The SMILES string of the molecule is Cn1cnc2cc(NC(=O)NCc3ccc(F)cc3)cc(C(=O)O)c21. The molecule has 1 heterocycles. The van der Waals surface area contributed by atoms with Crippen LogP contribution in [-0.4, -0.2) is 26.7 Å². The fourth-order valence-corrected chi connectivity index (χ4v) is 2.49. The van der Waals surface area contributed by atoms with Gasteiger partial charge in [0.2, 0.25) is 0 Å². The normalized spacial score (nSPS) is 10.6. The minimum atomic E-state index is -1.11. The summed E-state index contributed by atoms with van der Waals surface area (Å²) in [6.45, 7) is 0.212. The molecule has 0 atom stereocenters. The number of nitrogens with one attached hydrogen (secondary N) is 2. The van der Waals surface area contributed by atoms with Gasteiger partial charge in [-0.1, -0.05) is 12.1 Å². The largest absolute Gasteiger partial charge is 0.478 e. The molecule has 25 heavy (non-hydrogen) atoms. The van der Waals surface area contributed by atoms with Gasteiger partial charge in [-0.05, 0) is 29.8 Å². The summed E-state index contributed by atoms with van der Waals surface area (Å²) in [7, 11) is 1.70. The molecule has 3 aromatic rings. The Morgan fingerprint density at radius 3 is 2.64 bits per heavy atom. The predicted octanol–water partition coefficient (Wildman–Crippen LogP) is 2.73. The van der Waals surface area contributed by atoms with Crippen LogP contribution in [0, 0.1) is 5.82 Å². The summed E-state index contributed by atoms with van der Waals surface area (Å²) < 4.78 is 14.5. The van der Waals surface area contributed by atoms with Crippen LogP contribution in [0.3, 0.4) is 0 Å². The van der Waals surface area contributed by atoms with Crippen LogP contribution >= 0.6 is 0 Å². The number of amides is 2. The molecule has 0 fully saturated rings. The van der Waals surface area contributed by atoms with E-state index >= 15 is 0 Å². The average Bonchev–Trinajstić information content (AvgIpc) is 2.94. The van der Waals surface area contributed by atoms with E-state index in [0.29, 0.717) is 16.7 Å². The maximum absolute atomic E-state index is 12.9. The fourth-order valence-electron chi connectivity index (χ4n) is 2.49. The summed E-state index contributed by atoms with van der Waals surface area (Å²) in [5, 5.41) is 14.6. The highest BCUT2D eigenvalue weighted by molar-refractivity contribution is 6.04. The standard InChI is InChI=1S/C17H15FN4O3/c1-22-9-20-14-7-12(6-13(15(14)22)16(23)24)21-17(25)19-8-10-2-4-11(18)5-3-10/h2-7,9H,8H2,1H3,(H,23,24)(H2,19,21,25). The van der Waals surface area contributed by atoms with E-state index in [1.165, 1.54) is 24.5 Å². The molecule has 0 aliphatic heterocycles. The topological polar surface area (TPSA) is 96.3 Å². The van der Waals surface area contributed by atoms with Crippen LogP contribution in [0.15, 0.2) is 42.7 Å². The number of hydrogen-bond acceptors (Lipinski definition) is 3. The smallest absolute Gasteiger partial charge is 0.337 e. The second-order valence-electron chi connectivity index (χ2n) is 5.49. The van der Waals surface area contributed by atoms with E-state index in [9.17, 15) is 19.1 Å². The van der Waals surface area contributed by atoms with Crippen LogP contribution < -0.4 is 10.6 Å². The quantitative estimate of drug-likeness (QED) is 0.679. The fraction of sp³-hybridized carbons (Fsp3) is 0.118. The van der Waals surface area contributed by atoms with Crippen LogP contribution in [0.5, 0.6) is 0 Å². The minimum absolute atomic E-state index is 0.0475. The van der Waals surface area contributed by atoms with Crippen molar-refractivity contribution < 1.29 is 19.1 Å². The van der Waals surface area contributed by atoms with Crippen molar-refractivity contribution in [2.24, 2.45) is 7.05 Å². The monoisotopic (exact) mass is 342 g/mol. The molecular formula is C17H15FN4O3. The van der Waals surface area contributed by atoms with Crippen LogP contribution in [0.25, 0.3) is 11.0 Å². The number of aromatic nitrogens is 2. The van der Waals surface area contributed by atoms with E-state index < -0.39 is 12.0 Å². The van der Waals surface area contributed by atoms with Gasteiger partial charge in [-0.3, -0.25) is 0 Å². The number of carboxylic acids is 1. The summed E-state index contributed by atoms with van der Waals surface area (Å²) in [5.74, 6) is -1.46. The molecule has 0 spiro atoms. The van der Waals surface area contributed by atoms with E-state index in [0.717, 1.165) is 5.56 Å². The Morgan fingerprint density at radius 1 is 1.24 bits per heavy atom. The first kappa shape index (κ1) is 16.4. The van der Waals surface area contributed by atoms with Crippen molar-refractivity contribution in [3.8, 4) is 0 Å². The van der Waals surface area contributed by atoms with Crippen molar-refractivity contribution in [2.75, 3.05) is 5.32 Å². The molecule has 0 bridgehead atoms. The number of aryl methyl sites for hydroxylation is 1. The zero-order valence-corrected chi connectivity index (χ0v) is 13.3. The molecular weight excluding hydrogens is 327 g/mol. The Labute approximate surface area is 142 Å². The number of fused-ring (bicyclic) bond motifs is 1. The van der Waals surface area contributed by atoms with E-state index in [1.54, 1.807) is 29.8 Å². The van der Waals surface area contributed by atoms with E-state index in [2.05, 4.69) is 15.6 Å². The Hall–Kier alpha value is -3.42. The van der Waals surface area contributed by atoms with Gasteiger partial charge >= 0.3 is 12.0 Å².